The van der Waals surface area contributed by atoms with Crippen LogP contribution in [0.15, 0.2) is 35.7 Å². The number of benzene rings is 1. The number of hydrogen-bond donors (Lipinski definition) is 1. The van der Waals surface area contributed by atoms with Gasteiger partial charge in [-0.3, -0.25) is 9.36 Å². The second-order valence-electron chi connectivity index (χ2n) is 7.30. The molecule has 1 fully saturated rings. The van der Waals surface area contributed by atoms with E-state index in [1.807, 2.05) is 10.8 Å². The van der Waals surface area contributed by atoms with Crippen LogP contribution in [0.25, 0.3) is 5.69 Å². The second-order valence-corrected chi connectivity index (χ2v) is 10.5. The Labute approximate surface area is 176 Å². The molecule has 158 valence electrons. The molecule has 1 N–H and O–H groups in total. The van der Waals surface area contributed by atoms with Crippen LogP contribution in [0.1, 0.15) is 30.9 Å². The van der Waals surface area contributed by atoms with Crippen molar-refractivity contribution in [2.24, 2.45) is 0 Å². The summed E-state index contributed by atoms with van der Waals surface area (Å²) in [4.78, 5) is 16.8. The fourth-order valence-corrected chi connectivity index (χ4v) is 5.33. The lowest BCUT2D eigenvalue weighted by Gasteiger charge is -2.31. The molecule has 3 rings (SSSR count). The predicted molar refractivity (Wildman–Crippen MR) is 116 cm³/mol. The first-order valence-corrected chi connectivity index (χ1v) is 12.4. The molecule has 0 bridgehead atoms. The summed E-state index contributed by atoms with van der Waals surface area (Å²) in [5, 5.41) is 3.81. The topological polar surface area (TPSA) is 84.3 Å². The average molecular weight is 437 g/mol. The van der Waals surface area contributed by atoms with Gasteiger partial charge in [-0.15, -0.1) is 0 Å². The van der Waals surface area contributed by atoms with Crippen LogP contribution in [0.3, 0.4) is 0 Å². The lowest BCUT2D eigenvalue weighted by molar-refractivity contribution is -0.119. The minimum atomic E-state index is -3.15. The molecule has 1 amide bonds. The van der Waals surface area contributed by atoms with E-state index in [1.165, 1.54) is 21.6 Å². The third kappa shape index (κ3) is 5.40. The van der Waals surface area contributed by atoms with Crippen LogP contribution in [0, 0.1) is 13.8 Å². The number of hydrogen-bond acceptors (Lipinski definition) is 5. The number of carbonyl (C=O) groups is 1. The van der Waals surface area contributed by atoms with Crippen LogP contribution in [-0.2, 0) is 14.8 Å². The van der Waals surface area contributed by atoms with Crippen LogP contribution in [-0.4, -0.2) is 58.8 Å². The number of nitrogens with one attached hydrogen (secondary N) is 1. The molecule has 2 aromatic rings. The molecule has 7 nitrogen and oxygen atoms in total. The van der Waals surface area contributed by atoms with Crippen molar-refractivity contribution < 1.29 is 13.2 Å². The van der Waals surface area contributed by atoms with Crippen LogP contribution in [0.4, 0.5) is 0 Å². The SMILES string of the molecule is CCS(=O)(=O)N1CCC(NC(=O)CSc2nccn2-c2cc(C)ccc2C)CC1. The first kappa shape index (κ1) is 21.9. The summed E-state index contributed by atoms with van der Waals surface area (Å²) in [5.74, 6) is 0.339. The Bertz CT molecular complexity index is 964. The van der Waals surface area contributed by atoms with Crippen molar-refractivity contribution in [3.8, 4) is 5.69 Å². The number of aromatic nitrogens is 2. The molecule has 0 radical (unpaired) electrons. The Morgan fingerprint density at radius 1 is 1.28 bits per heavy atom. The van der Waals surface area contributed by atoms with Crippen molar-refractivity contribution in [1.29, 1.82) is 0 Å². The summed E-state index contributed by atoms with van der Waals surface area (Å²) >= 11 is 1.40. The van der Waals surface area contributed by atoms with Crippen molar-refractivity contribution in [2.45, 2.75) is 44.8 Å². The molecule has 1 saturated heterocycles. The average Bonchev–Trinajstić information content (AvgIpc) is 3.17. The fourth-order valence-electron chi connectivity index (χ4n) is 3.42. The lowest BCUT2D eigenvalue weighted by Crippen LogP contribution is -2.47. The molecule has 0 saturated carbocycles. The van der Waals surface area contributed by atoms with Crippen molar-refractivity contribution >= 4 is 27.7 Å². The van der Waals surface area contributed by atoms with Gasteiger partial charge in [0.2, 0.25) is 15.9 Å². The van der Waals surface area contributed by atoms with Crippen molar-refractivity contribution in [3.63, 3.8) is 0 Å². The van der Waals surface area contributed by atoms with E-state index in [-0.39, 0.29) is 23.5 Å². The number of amides is 1. The van der Waals surface area contributed by atoms with Gasteiger partial charge in [0, 0.05) is 31.5 Å². The Balaban J connectivity index is 1.54. The van der Waals surface area contributed by atoms with Gasteiger partial charge in [0.15, 0.2) is 5.16 Å². The molecule has 1 aromatic carbocycles. The highest BCUT2D eigenvalue weighted by Gasteiger charge is 2.27. The highest BCUT2D eigenvalue weighted by atomic mass is 32.2. The summed E-state index contributed by atoms with van der Waals surface area (Å²) in [6.45, 7) is 6.69. The van der Waals surface area contributed by atoms with Gasteiger partial charge in [0.1, 0.15) is 0 Å². The normalized spacial score (nSPS) is 16.1. The molecule has 0 unspecified atom stereocenters. The zero-order valence-electron chi connectivity index (χ0n) is 17.1. The second kappa shape index (κ2) is 9.32. The predicted octanol–water partition coefficient (Wildman–Crippen LogP) is 2.51. The maximum atomic E-state index is 12.4. The molecule has 1 aliphatic rings. The Kier molecular flexibility index (Phi) is 7.02. The zero-order chi connectivity index (χ0) is 21.0. The highest BCUT2D eigenvalue weighted by molar-refractivity contribution is 7.99. The van der Waals surface area contributed by atoms with E-state index in [2.05, 4.69) is 42.3 Å². The van der Waals surface area contributed by atoms with Gasteiger partial charge in [-0.05, 0) is 50.8 Å². The molecule has 9 heteroatoms. The number of sulfonamides is 1. The van der Waals surface area contributed by atoms with Crippen LogP contribution in [0.5, 0.6) is 0 Å². The quantitative estimate of drug-likeness (QED) is 0.674. The van der Waals surface area contributed by atoms with Crippen molar-refractivity contribution in [1.82, 2.24) is 19.2 Å². The molecule has 1 aliphatic heterocycles. The zero-order valence-corrected chi connectivity index (χ0v) is 18.7. The highest BCUT2D eigenvalue weighted by Crippen LogP contribution is 2.23. The number of carbonyl (C=O) groups excluding carboxylic acids is 1. The van der Waals surface area contributed by atoms with Gasteiger partial charge in [-0.25, -0.2) is 17.7 Å². The third-order valence-electron chi connectivity index (χ3n) is 5.14. The largest absolute Gasteiger partial charge is 0.353 e. The van der Waals surface area contributed by atoms with Gasteiger partial charge < -0.3 is 5.32 Å². The van der Waals surface area contributed by atoms with E-state index in [9.17, 15) is 13.2 Å². The molecule has 0 aliphatic carbocycles. The number of nitrogens with zero attached hydrogens (tertiary/aromatic N) is 3. The smallest absolute Gasteiger partial charge is 0.230 e. The van der Waals surface area contributed by atoms with E-state index in [4.69, 9.17) is 0 Å². The standard InChI is InChI=1S/C20H28N4O3S2/c1-4-29(26,27)23-10-7-17(8-11-23)22-19(25)14-28-20-21-9-12-24(20)18-13-15(2)5-6-16(18)3/h5-6,9,12-13,17H,4,7-8,10-11,14H2,1-3H3,(H,22,25). The molecule has 1 aromatic heterocycles. The molecular formula is C20H28N4O3S2. The number of piperidine rings is 1. The molecule has 2 heterocycles. The fraction of sp³-hybridized carbons (Fsp3) is 0.500. The number of imidazole rings is 1. The van der Waals surface area contributed by atoms with Gasteiger partial charge in [-0.1, -0.05) is 23.9 Å². The number of rotatable bonds is 7. The van der Waals surface area contributed by atoms with Crippen LogP contribution < -0.4 is 5.32 Å². The maximum Gasteiger partial charge on any atom is 0.230 e. The first-order chi connectivity index (χ1) is 13.8. The lowest BCUT2D eigenvalue weighted by atomic mass is 10.1. The molecular weight excluding hydrogens is 408 g/mol. The van der Waals surface area contributed by atoms with Gasteiger partial charge in [-0.2, -0.15) is 0 Å². The third-order valence-corrected chi connectivity index (χ3v) is 7.99. The summed E-state index contributed by atoms with van der Waals surface area (Å²) in [6, 6.07) is 6.29. The van der Waals surface area contributed by atoms with Gasteiger partial charge in [0.25, 0.3) is 0 Å². The summed E-state index contributed by atoms with van der Waals surface area (Å²) in [6.07, 6.45) is 4.94. The van der Waals surface area contributed by atoms with Crippen LogP contribution >= 0.6 is 11.8 Å². The minimum Gasteiger partial charge on any atom is -0.353 e. The summed E-state index contributed by atoms with van der Waals surface area (Å²) in [7, 11) is -3.15. The maximum absolute atomic E-state index is 12.4. The molecule has 0 atom stereocenters. The van der Waals surface area contributed by atoms with E-state index < -0.39 is 10.0 Å². The Morgan fingerprint density at radius 2 is 2.00 bits per heavy atom. The Hall–Kier alpha value is -1.84. The van der Waals surface area contributed by atoms with E-state index in [0.717, 1.165) is 16.4 Å². The van der Waals surface area contributed by atoms with Crippen molar-refractivity contribution in [2.75, 3.05) is 24.6 Å². The summed E-state index contributed by atoms with van der Waals surface area (Å²) < 4.78 is 27.4. The van der Waals surface area contributed by atoms with Crippen molar-refractivity contribution in [3.05, 3.63) is 41.7 Å². The minimum absolute atomic E-state index is 0.0187. The summed E-state index contributed by atoms with van der Waals surface area (Å²) in [5.41, 5.74) is 3.38. The number of thioether (sulfide) groups is 1. The number of aryl methyl sites for hydroxylation is 2. The van der Waals surface area contributed by atoms with E-state index in [1.54, 1.807) is 13.1 Å². The molecule has 0 spiro atoms. The van der Waals surface area contributed by atoms with Gasteiger partial charge in [0.05, 0.1) is 17.2 Å². The van der Waals surface area contributed by atoms with E-state index in [0.29, 0.717) is 25.9 Å². The molecule has 29 heavy (non-hydrogen) atoms. The monoisotopic (exact) mass is 436 g/mol. The van der Waals surface area contributed by atoms with E-state index >= 15 is 0 Å². The Morgan fingerprint density at radius 3 is 2.69 bits per heavy atom. The van der Waals surface area contributed by atoms with Gasteiger partial charge >= 0.3 is 0 Å². The van der Waals surface area contributed by atoms with Crippen LogP contribution in [0.2, 0.25) is 0 Å². The first-order valence-electron chi connectivity index (χ1n) is 9.81.